The van der Waals surface area contributed by atoms with Gasteiger partial charge in [0.1, 0.15) is 11.1 Å². The Balaban J connectivity index is 2.76. The highest BCUT2D eigenvalue weighted by molar-refractivity contribution is 5.84. The maximum Gasteiger partial charge on any atom is 0.408 e. The lowest BCUT2D eigenvalue weighted by Crippen LogP contribution is -2.58. The second kappa shape index (κ2) is 5.80. The second-order valence-corrected chi connectivity index (χ2v) is 6.47. The lowest BCUT2D eigenvalue weighted by Gasteiger charge is -2.37. The molecule has 1 saturated carbocycles. The van der Waals surface area contributed by atoms with Gasteiger partial charge in [-0.15, -0.1) is 0 Å². The molecule has 1 amide bonds. The van der Waals surface area contributed by atoms with Crippen LogP contribution in [0.3, 0.4) is 0 Å². The van der Waals surface area contributed by atoms with Crippen LogP contribution in [0, 0.1) is 5.92 Å². The molecule has 2 N–H and O–H groups in total. The Hall–Kier alpha value is -1.26. The summed E-state index contributed by atoms with van der Waals surface area (Å²) in [6.07, 6.45) is 4.17. The van der Waals surface area contributed by atoms with E-state index in [1.54, 1.807) is 27.7 Å². The number of carbonyl (C=O) groups excluding carboxylic acids is 1. The van der Waals surface area contributed by atoms with E-state index < -0.39 is 23.2 Å². The van der Waals surface area contributed by atoms with Gasteiger partial charge in [0, 0.05) is 0 Å². The van der Waals surface area contributed by atoms with Crippen molar-refractivity contribution in [3.05, 3.63) is 0 Å². The van der Waals surface area contributed by atoms with Crippen LogP contribution < -0.4 is 5.32 Å². The minimum Gasteiger partial charge on any atom is -0.480 e. The molecule has 0 unspecified atom stereocenters. The molecule has 1 atom stereocenters. The summed E-state index contributed by atoms with van der Waals surface area (Å²) in [6, 6.07) is 0. The van der Waals surface area contributed by atoms with Gasteiger partial charge in [0.15, 0.2) is 0 Å². The molecule has 0 heterocycles. The van der Waals surface area contributed by atoms with Crippen molar-refractivity contribution in [3.63, 3.8) is 0 Å². The number of hydrogen-bond acceptors (Lipinski definition) is 3. The van der Waals surface area contributed by atoms with Crippen molar-refractivity contribution in [1.82, 2.24) is 5.32 Å². The molecule has 1 fully saturated rings. The van der Waals surface area contributed by atoms with Gasteiger partial charge in [0.2, 0.25) is 0 Å². The molecule has 110 valence electrons. The maximum atomic E-state index is 11.8. The van der Waals surface area contributed by atoms with E-state index in [1.165, 1.54) is 0 Å². The zero-order chi connectivity index (χ0) is 14.7. The fourth-order valence-electron chi connectivity index (χ4n) is 2.53. The molecule has 0 spiro atoms. The van der Waals surface area contributed by atoms with Gasteiger partial charge in [-0.05, 0) is 46.5 Å². The number of rotatable bonds is 3. The smallest absolute Gasteiger partial charge is 0.408 e. The van der Waals surface area contributed by atoms with Crippen LogP contribution in [0.15, 0.2) is 0 Å². The number of ether oxygens (including phenoxy) is 1. The van der Waals surface area contributed by atoms with E-state index in [2.05, 4.69) is 5.32 Å². The van der Waals surface area contributed by atoms with Gasteiger partial charge in [-0.1, -0.05) is 19.3 Å². The molecule has 0 aromatic heterocycles. The fourth-order valence-corrected chi connectivity index (χ4v) is 2.53. The Morgan fingerprint density at radius 3 is 2.05 bits per heavy atom. The lowest BCUT2D eigenvalue weighted by atomic mass is 9.75. The molecule has 0 aromatic carbocycles. The van der Waals surface area contributed by atoms with Crippen LogP contribution in [-0.2, 0) is 9.53 Å². The van der Waals surface area contributed by atoms with Crippen molar-refractivity contribution in [1.29, 1.82) is 0 Å². The summed E-state index contributed by atoms with van der Waals surface area (Å²) in [6.45, 7) is 6.84. The number of amides is 1. The maximum absolute atomic E-state index is 11.8. The van der Waals surface area contributed by atoms with Crippen LogP contribution in [0.2, 0.25) is 0 Å². The van der Waals surface area contributed by atoms with E-state index in [4.69, 9.17) is 4.74 Å². The van der Waals surface area contributed by atoms with Crippen LogP contribution in [0.25, 0.3) is 0 Å². The van der Waals surface area contributed by atoms with Crippen molar-refractivity contribution >= 4 is 12.1 Å². The minimum atomic E-state index is -1.25. The summed E-state index contributed by atoms with van der Waals surface area (Å²) < 4.78 is 5.16. The van der Waals surface area contributed by atoms with Crippen LogP contribution >= 0.6 is 0 Å². The van der Waals surface area contributed by atoms with E-state index in [0.29, 0.717) is 0 Å². The quantitative estimate of drug-likeness (QED) is 0.827. The molecule has 0 radical (unpaired) electrons. The predicted molar refractivity (Wildman–Crippen MR) is 72.0 cm³/mol. The molecule has 1 rings (SSSR count). The Morgan fingerprint density at radius 1 is 1.11 bits per heavy atom. The first-order valence-electron chi connectivity index (χ1n) is 6.90. The molecule has 1 aliphatic carbocycles. The van der Waals surface area contributed by atoms with Gasteiger partial charge in [0.25, 0.3) is 0 Å². The lowest BCUT2D eigenvalue weighted by molar-refractivity contribution is -0.147. The molecule has 5 nitrogen and oxygen atoms in total. The van der Waals surface area contributed by atoms with Gasteiger partial charge in [0.05, 0.1) is 0 Å². The molecule has 0 saturated heterocycles. The molecular formula is C14H25NO4. The van der Waals surface area contributed by atoms with Gasteiger partial charge in [-0.2, -0.15) is 0 Å². The average Bonchev–Trinajstić information content (AvgIpc) is 2.27. The Labute approximate surface area is 114 Å². The molecular weight excluding hydrogens is 246 g/mol. The van der Waals surface area contributed by atoms with Crippen LogP contribution in [0.4, 0.5) is 4.79 Å². The summed E-state index contributed by atoms with van der Waals surface area (Å²) in [4.78, 5) is 23.4. The monoisotopic (exact) mass is 271 g/mol. The normalized spacial score (nSPS) is 20.4. The first-order chi connectivity index (χ1) is 8.65. The predicted octanol–water partition coefficient (Wildman–Crippen LogP) is 2.93. The molecule has 0 bridgehead atoms. The molecule has 19 heavy (non-hydrogen) atoms. The number of nitrogens with one attached hydrogen (secondary N) is 1. The van der Waals surface area contributed by atoms with Crippen LogP contribution in [-0.4, -0.2) is 28.3 Å². The number of carboxylic acid groups (broad SMARTS) is 1. The van der Waals surface area contributed by atoms with Crippen LogP contribution in [0.1, 0.15) is 59.8 Å². The van der Waals surface area contributed by atoms with Crippen molar-refractivity contribution in [2.75, 3.05) is 0 Å². The van der Waals surface area contributed by atoms with Gasteiger partial charge < -0.3 is 15.2 Å². The van der Waals surface area contributed by atoms with Crippen molar-refractivity contribution in [2.45, 2.75) is 70.9 Å². The SMILES string of the molecule is CC(C)(C)OC(=O)N[C@](C)(C(=O)O)C1CCCCC1. The zero-order valence-electron chi connectivity index (χ0n) is 12.3. The van der Waals surface area contributed by atoms with Gasteiger partial charge in [-0.25, -0.2) is 9.59 Å². The highest BCUT2D eigenvalue weighted by Crippen LogP contribution is 2.33. The van der Waals surface area contributed by atoms with Crippen LogP contribution in [0.5, 0.6) is 0 Å². The van der Waals surface area contributed by atoms with Gasteiger partial charge >= 0.3 is 12.1 Å². The standard InChI is InChI=1S/C14H25NO4/c1-13(2,3)19-12(18)15-14(4,11(16)17)10-8-6-5-7-9-10/h10H,5-9H2,1-4H3,(H,15,18)(H,16,17)/t14-/m0/s1. The summed E-state index contributed by atoms with van der Waals surface area (Å²) in [5.41, 5.74) is -1.88. The molecule has 0 aromatic rings. The Kier molecular flexibility index (Phi) is 4.82. The summed E-state index contributed by atoms with van der Waals surface area (Å²) in [5, 5.41) is 12.0. The number of hydrogen-bond donors (Lipinski definition) is 2. The first-order valence-corrected chi connectivity index (χ1v) is 6.90. The topological polar surface area (TPSA) is 75.6 Å². The summed E-state index contributed by atoms with van der Waals surface area (Å²) in [7, 11) is 0. The summed E-state index contributed by atoms with van der Waals surface area (Å²) >= 11 is 0. The number of aliphatic carboxylic acids is 1. The van der Waals surface area contributed by atoms with Crippen molar-refractivity contribution in [2.24, 2.45) is 5.92 Å². The third-order valence-corrected chi connectivity index (χ3v) is 3.63. The van der Waals surface area contributed by atoms with E-state index in [0.717, 1.165) is 32.1 Å². The highest BCUT2D eigenvalue weighted by atomic mass is 16.6. The van der Waals surface area contributed by atoms with E-state index in [9.17, 15) is 14.7 Å². The summed E-state index contributed by atoms with van der Waals surface area (Å²) in [5.74, 6) is -1.03. The third-order valence-electron chi connectivity index (χ3n) is 3.63. The largest absolute Gasteiger partial charge is 0.480 e. The average molecular weight is 271 g/mol. The van der Waals surface area contributed by atoms with E-state index in [1.807, 2.05) is 0 Å². The minimum absolute atomic E-state index is 0.0359. The highest BCUT2D eigenvalue weighted by Gasteiger charge is 2.43. The number of carbonyl (C=O) groups is 2. The molecule has 1 aliphatic rings. The third kappa shape index (κ3) is 4.40. The Morgan fingerprint density at radius 2 is 1.63 bits per heavy atom. The van der Waals surface area contributed by atoms with Crippen molar-refractivity contribution < 1.29 is 19.4 Å². The van der Waals surface area contributed by atoms with Crippen molar-refractivity contribution in [3.8, 4) is 0 Å². The fraction of sp³-hybridized carbons (Fsp3) is 0.857. The number of alkyl carbamates (subject to hydrolysis) is 1. The van der Waals surface area contributed by atoms with Gasteiger partial charge in [-0.3, -0.25) is 0 Å². The second-order valence-electron chi connectivity index (χ2n) is 6.47. The molecule has 0 aliphatic heterocycles. The zero-order valence-corrected chi connectivity index (χ0v) is 12.3. The van der Waals surface area contributed by atoms with E-state index >= 15 is 0 Å². The Bertz CT molecular complexity index is 342. The number of carboxylic acids is 1. The van der Waals surface area contributed by atoms with E-state index in [-0.39, 0.29) is 5.92 Å². The first kappa shape index (κ1) is 15.8. The molecule has 5 heteroatoms.